The van der Waals surface area contributed by atoms with Crippen LogP contribution in [0.15, 0.2) is 0 Å². The molecule has 39 heavy (non-hydrogen) atoms. The number of nitrogens with zero attached hydrogens (tertiary/aromatic N) is 8. The fraction of sp³-hybridized carbons (Fsp3) is 1.00. The summed E-state index contributed by atoms with van der Waals surface area (Å²) >= 11 is 26.3. The number of halogens is 4. The van der Waals surface area contributed by atoms with E-state index in [-0.39, 0.29) is 17.1 Å². The Labute approximate surface area is 269 Å². The van der Waals surface area contributed by atoms with Crippen LogP contribution in [0.4, 0.5) is 0 Å². The van der Waals surface area contributed by atoms with E-state index in [0.29, 0.717) is 6.54 Å². The molecule has 4 fully saturated rings. The Morgan fingerprint density at radius 3 is 1.38 bits per heavy atom. The third-order valence-electron chi connectivity index (χ3n) is 8.46. The minimum absolute atomic E-state index is 0. The minimum Gasteiger partial charge on any atom is -0.305 e. The van der Waals surface area contributed by atoms with Gasteiger partial charge in [-0.15, -0.1) is 0 Å². The fourth-order valence-electron chi connectivity index (χ4n) is 5.48. The molecule has 0 aromatic rings. The van der Waals surface area contributed by atoms with Crippen molar-refractivity contribution < 1.29 is 17.1 Å². The van der Waals surface area contributed by atoms with Gasteiger partial charge in [-0.3, -0.25) is 14.7 Å². The molecule has 0 N–H and O–H groups in total. The molecule has 231 valence electrons. The van der Waals surface area contributed by atoms with Gasteiger partial charge in [-0.2, -0.15) is 0 Å². The van der Waals surface area contributed by atoms with E-state index in [1.165, 1.54) is 13.0 Å². The predicted molar refractivity (Wildman–Crippen MR) is 164 cm³/mol. The molecule has 0 amide bonds. The van der Waals surface area contributed by atoms with Gasteiger partial charge in [0.25, 0.3) is 0 Å². The summed E-state index contributed by atoms with van der Waals surface area (Å²) in [5, 5.41) is 0. The van der Waals surface area contributed by atoms with Crippen molar-refractivity contribution in [2.45, 2.75) is 21.8 Å². The van der Waals surface area contributed by atoms with Crippen LogP contribution in [-0.2, 0) is 17.1 Å². The molecule has 4 saturated heterocycles. The van der Waals surface area contributed by atoms with Gasteiger partial charge in [0.05, 0.1) is 0 Å². The van der Waals surface area contributed by atoms with Gasteiger partial charge in [0.2, 0.25) is 0 Å². The smallest absolute Gasteiger partial charge is 0.184 e. The molecule has 0 aromatic carbocycles. The van der Waals surface area contributed by atoms with Crippen molar-refractivity contribution in [2.75, 3.05) is 146 Å². The maximum absolute atomic E-state index is 6.63. The Morgan fingerprint density at radius 2 is 0.795 bits per heavy atom. The monoisotopic (exact) mass is 671 g/mol. The van der Waals surface area contributed by atoms with Crippen LogP contribution in [0.25, 0.3) is 0 Å². The number of hydrogen-bond donors (Lipinski definition) is 0. The van der Waals surface area contributed by atoms with Gasteiger partial charge >= 0.3 is 0 Å². The summed E-state index contributed by atoms with van der Waals surface area (Å²) in [6.07, 6.45) is 2.05. The van der Waals surface area contributed by atoms with Crippen molar-refractivity contribution in [3.8, 4) is 0 Å². The third kappa shape index (κ3) is 12.9. The summed E-state index contributed by atoms with van der Waals surface area (Å²) in [4.78, 5) is 18.9. The van der Waals surface area contributed by atoms with Gasteiger partial charge in [-0.25, -0.2) is 0 Å². The molecule has 8 nitrogen and oxygen atoms in total. The van der Waals surface area contributed by atoms with Gasteiger partial charge in [-0.05, 0) is 47.7 Å². The summed E-state index contributed by atoms with van der Waals surface area (Å²) in [5.41, 5.74) is 0. The predicted octanol–water partition coefficient (Wildman–Crippen LogP) is 2.00. The molecule has 0 aromatic heterocycles. The van der Waals surface area contributed by atoms with Gasteiger partial charge in [0.15, 0.2) is 8.91 Å². The Bertz CT molecular complexity index is 694. The van der Waals surface area contributed by atoms with Gasteiger partial charge in [0.1, 0.15) is 0 Å². The van der Waals surface area contributed by atoms with E-state index in [9.17, 15) is 0 Å². The molecule has 13 heteroatoms. The van der Waals surface area contributed by atoms with Crippen LogP contribution in [0.5, 0.6) is 0 Å². The Balaban J connectivity index is 0.000000268. The normalized spacial score (nSPS) is 34.5. The Hall–Kier alpha value is 1.36. The Morgan fingerprint density at radius 1 is 0.410 bits per heavy atom. The molecule has 1 radical (unpaired) electrons. The maximum atomic E-state index is 6.63. The molecular formula is C26H52Cl4MnN8. The number of fused-ring (bicyclic) bond motifs is 6. The molecule has 4 bridgehead atoms. The maximum Gasteiger partial charge on any atom is 0.184 e. The average molecular weight is 674 g/mol. The van der Waals surface area contributed by atoms with Crippen LogP contribution < -0.4 is 0 Å². The summed E-state index contributed by atoms with van der Waals surface area (Å²) in [7, 11) is 8.62. The molecule has 0 aliphatic carbocycles. The summed E-state index contributed by atoms with van der Waals surface area (Å²) in [6.45, 7) is 18.6. The second-order valence-electron chi connectivity index (χ2n) is 11.7. The molecule has 4 rings (SSSR count). The zero-order valence-electron chi connectivity index (χ0n) is 24.6. The second-order valence-corrected chi connectivity index (χ2v) is 14.6. The van der Waals surface area contributed by atoms with E-state index < -0.39 is 8.91 Å². The van der Waals surface area contributed by atoms with Crippen LogP contribution in [0.3, 0.4) is 0 Å². The van der Waals surface area contributed by atoms with Crippen LogP contribution in [0, 0.1) is 0 Å². The first-order chi connectivity index (χ1) is 17.9. The first kappa shape index (κ1) is 36.6. The first-order valence-corrected chi connectivity index (χ1v) is 15.9. The van der Waals surface area contributed by atoms with Crippen molar-refractivity contribution in [3.05, 3.63) is 0 Å². The number of rotatable bonds is 0. The number of likely N-dealkylation sites (N-methyl/N-ethyl adjacent to an activating group) is 4. The van der Waals surface area contributed by atoms with Gasteiger partial charge in [0, 0.05) is 128 Å². The molecule has 0 saturated carbocycles. The van der Waals surface area contributed by atoms with Crippen LogP contribution in [-0.4, -0.2) is 194 Å². The van der Waals surface area contributed by atoms with Crippen molar-refractivity contribution in [1.29, 1.82) is 0 Å². The minimum atomic E-state index is -0.768. The summed E-state index contributed by atoms with van der Waals surface area (Å²) in [6, 6.07) is 0. The summed E-state index contributed by atoms with van der Waals surface area (Å²) in [5.74, 6) is 0. The van der Waals surface area contributed by atoms with Crippen molar-refractivity contribution in [1.82, 2.24) is 39.2 Å². The molecule has 4 heterocycles. The number of alkyl halides is 4. The first-order valence-electron chi connectivity index (χ1n) is 14.4. The van der Waals surface area contributed by atoms with E-state index >= 15 is 0 Å². The van der Waals surface area contributed by atoms with E-state index in [1.54, 1.807) is 0 Å². The van der Waals surface area contributed by atoms with E-state index in [2.05, 4.69) is 67.4 Å². The average Bonchev–Trinajstić information content (AvgIpc) is 2.97. The van der Waals surface area contributed by atoms with Crippen LogP contribution >= 0.6 is 46.4 Å². The SMILES string of the molecule is CN1CCCN2CCN(C)CCC(Cl)(Cl)N(CC1)CC2.CN1CCN2CCN(C)CC(Cl)(Cl)N(CC1)CC2.[Mn]. The van der Waals surface area contributed by atoms with Crippen molar-refractivity contribution in [3.63, 3.8) is 0 Å². The van der Waals surface area contributed by atoms with Crippen LogP contribution in [0.2, 0.25) is 0 Å². The van der Waals surface area contributed by atoms with E-state index in [0.717, 1.165) is 111 Å². The van der Waals surface area contributed by atoms with E-state index in [4.69, 9.17) is 46.4 Å². The van der Waals surface area contributed by atoms with Crippen molar-refractivity contribution >= 4 is 46.4 Å². The fourth-order valence-corrected chi connectivity index (χ4v) is 6.73. The number of hydrogen-bond acceptors (Lipinski definition) is 8. The van der Waals surface area contributed by atoms with E-state index in [1.807, 2.05) is 0 Å². The van der Waals surface area contributed by atoms with Gasteiger partial charge in [-0.1, -0.05) is 46.4 Å². The Kier molecular flexibility index (Phi) is 16.5. The standard InChI is InChI=1S/C14H28Cl2N4.C12H24Cl2N4.Mn/c1-17-5-3-6-19-10-8-18(2)7-4-14(15,16)20(12-9-17)13-11-19;1-15-3-6-17-7-4-16(2)11-12(13,14)18(9-5-15)10-8-17;/h3-13H2,1-2H3;3-11H2,1-2H3;. The largest absolute Gasteiger partial charge is 0.305 e. The topological polar surface area (TPSA) is 25.9 Å². The molecule has 4 aliphatic rings. The zero-order chi connectivity index (χ0) is 27.8. The molecule has 4 atom stereocenters. The molecule has 4 aliphatic heterocycles. The van der Waals surface area contributed by atoms with Crippen LogP contribution in [0.1, 0.15) is 12.8 Å². The zero-order valence-corrected chi connectivity index (χ0v) is 28.8. The van der Waals surface area contributed by atoms with Gasteiger partial charge < -0.3 is 24.5 Å². The quantitative estimate of drug-likeness (QED) is 0.219. The van der Waals surface area contributed by atoms with Crippen molar-refractivity contribution in [2.24, 2.45) is 0 Å². The summed E-state index contributed by atoms with van der Waals surface area (Å²) < 4.78 is -1.51. The molecule has 0 spiro atoms. The third-order valence-corrected chi connectivity index (χ3v) is 10.0. The molecular weight excluding hydrogens is 621 g/mol. The molecule has 4 unspecified atom stereocenters. The second kappa shape index (κ2) is 17.6.